The SMILES string of the molecule is Cc1ccc(Br)cc1NC(=O)CCNC(=O)CCCN. The maximum atomic E-state index is 11.8. The fraction of sp³-hybridized carbons (Fsp3) is 0.429. The molecule has 0 aromatic heterocycles. The van der Waals surface area contributed by atoms with Crippen LogP contribution in [0.3, 0.4) is 0 Å². The summed E-state index contributed by atoms with van der Waals surface area (Å²) in [6.07, 6.45) is 1.32. The molecule has 0 unspecified atom stereocenters. The van der Waals surface area contributed by atoms with Gasteiger partial charge in [-0.05, 0) is 37.6 Å². The number of rotatable bonds is 7. The first-order valence-corrected chi connectivity index (χ1v) is 7.35. The summed E-state index contributed by atoms with van der Waals surface area (Å²) < 4.78 is 0.911. The Morgan fingerprint density at radius 1 is 1.25 bits per heavy atom. The van der Waals surface area contributed by atoms with Crippen LogP contribution in [0, 0.1) is 6.92 Å². The van der Waals surface area contributed by atoms with Crippen LogP contribution < -0.4 is 16.4 Å². The van der Waals surface area contributed by atoms with Gasteiger partial charge in [-0.3, -0.25) is 9.59 Å². The normalized spacial score (nSPS) is 10.2. The molecule has 0 atom stereocenters. The van der Waals surface area contributed by atoms with Crippen molar-refractivity contribution < 1.29 is 9.59 Å². The molecule has 1 aromatic rings. The molecular formula is C14H20BrN3O2. The minimum atomic E-state index is -0.120. The Kier molecular flexibility index (Phi) is 7.25. The van der Waals surface area contributed by atoms with Gasteiger partial charge >= 0.3 is 0 Å². The summed E-state index contributed by atoms with van der Waals surface area (Å²) in [6.45, 7) is 2.76. The first-order chi connectivity index (χ1) is 9.52. The molecule has 0 heterocycles. The van der Waals surface area contributed by atoms with E-state index in [4.69, 9.17) is 5.73 Å². The van der Waals surface area contributed by atoms with E-state index in [1.807, 2.05) is 25.1 Å². The van der Waals surface area contributed by atoms with Gasteiger partial charge in [-0.1, -0.05) is 22.0 Å². The summed E-state index contributed by atoms with van der Waals surface area (Å²) in [4.78, 5) is 23.1. The zero-order chi connectivity index (χ0) is 15.0. The van der Waals surface area contributed by atoms with Gasteiger partial charge in [-0.15, -0.1) is 0 Å². The van der Waals surface area contributed by atoms with Gasteiger partial charge in [-0.2, -0.15) is 0 Å². The first kappa shape index (κ1) is 16.7. The van der Waals surface area contributed by atoms with Crippen LogP contribution >= 0.6 is 15.9 Å². The molecule has 110 valence electrons. The third-order valence-electron chi connectivity index (χ3n) is 2.76. The molecule has 0 saturated carbocycles. The quantitative estimate of drug-likeness (QED) is 0.708. The average Bonchev–Trinajstić information content (AvgIpc) is 2.40. The number of hydrogen-bond acceptors (Lipinski definition) is 3. The minimum Gasteiger partial charge on any atom is -0.356 e. The number of benzene rings is 1. The number of aryl methyl sites for hydroxylation is 1. The smallest absolute Gasteiger partial charge is 0.226 e. The zero-order valence-electron chi connectivity index (χ0n) is 11.5. The van der Waals surface area contributed by atoms with Gasteiger partial charge in [0.2, 0.25) is 11.8 Å². The molecule has 0 aliphatic carbocycles. The van der Waals surface area contributed by atoms with E-state index in [0.717, 1.165) is 15.7 Å². The molecule has 0 aliphatic rings. The van der Waals surface area contributed by atoms with Gasteiger partial charge < -0.3 is 16.4 Å². The van der Waals surface area contributed by atoms with Crippen molar-refractivity contribution in [3.8, 4) is 0 Å². The molecule has 20 heavy (non-hydrogen) atoms. The molecular weight excluding hydrogens is 322 g/mol. The van der Waals surface area contributed by atoms with Crippen LogP contribution in [0.15, 0.2) is 22.7 Å². The molecule has 2 amide bonds. The highest BCUT2D eigenvalue weighted by molar-refractivity contribution is 9.10. The Morgan fingerprint density at radius 3 is 2.70 bits per heavy atom. The second-order valence-corrected chi connectivity index (χ2v) is 5.42. The van der Waals surface area contributed by atoms with Crippen molar-refractivity contribution in [3.63, 3.8) is 0 Å². The van der Waals surface area contributed by atoms with E-state index in [9.17, 15) is 9.59 Å². The van der Waals surface area contributed by atoms with Gasteiger partial charge in [0.05, 0.1) is 0 Å². The van der Waals surface area contributed by atoms with Gasteiger partial charge in [0.15, 0.2) is 0 Å². The van der Waals surface area contributed by atoms with E-state index in [0.29, 0.717) is 25.9 Å². The predicted octanol–water partition coefficient (Wildman–Crippen LogP) is 1.94. The first-order valence-electron chi connectivity index (χ1n) is 6.55. The molecule has 0 bridgehead atoms. The van der Waals surface area contributed by atoms with Crippen molar-refractivity contribution in [2.45, 2.75) is 26.2 Å². The lowest BCUT2D eigenvalue weighted by Crippen LogP contribution is -2.28. The van der Waals surface area contributed by atoms with E-state index in [1.165, 1.54) is 0 Å². The van der Waals surface area contributed by atoms with Crippen LogP contribution in [0.25, 0.3) is 0 Å². The number of nitrogens with two attached hydrogens (primary N) is 1. The van der Waals surface area contributed by atoms with Gasteiger partial charge in [-0.25, -0.2) is 0 Å². The fourth-order valence-corrected chi connectivity index (χ4v) is 1.97. The van der Waals surface area contributed by atoms with Crippen molar-refractivity contribution in [1.29, 1.82) is 0 Å². The Morgan fingerprint density at radius 2 is 2.00 bits per heavy atom. The molecule has 0 saturated heterocycles. The summed E-state index contributed by atoms with van der Waals surface area (Å²) in [5.74, 6) is -0.188. The van der Waals surface area contributed by atoms with Crippen LogP contribution in [0.2, 0.25) is 0 Å². The van der Waals surface area contributed by atoms with E-state index in [2.05, 4.69) is 26.6 Å². The van der Waals surface area contributed by atoms with E-state index < -0.39 is 0 Å². The molecule has 0 spiro atoms. The van der Waals surface area contributed by atoms with Gasteiger partial charge in [0.1, 0.15) is 0 Å². The maximum Gasteiger partial charge on any atom is 0.226 e. The number of anilines is 1. The predicted molar refractivity (Wildman–Crippen MR) is 83.4 cm³/mol. The lowest BCUT2D eigenvalue weighted by molar-refractivity contribution is -0.121. The number of carbonyl (C=O) groups excluding carboxylic acids is 2. The summed E-state index contributed by atoms with van der Waals surface area (Å²) in [6, 6.07) is 5.70. The largest absolute Gasteiger partial charge is 0.356 e. The van der Waals surface area contributed by atoms with Crippen LogP contribution in [-0.4, -0.2) is 24.9 Å². The molecule has 0 radical (unpaired) electrons. The molecule has 1 aromatic carbocycles. The number of hydrogen-bond donors (Lipinski definition) is 3. The molecule has 6 heteroatoms. The zero-order valence-corrected chi connectivity index (χ0v) is 13.1. The lowest BCUT2D eigenvalue weighted by Gasteiger charge is -2.09. The Labute approximate surface area is 127 Å². The maximum absolute atomic E-state index is 11.8. The van der Waals surface area contributed by atoms with Gasteiger partial charge in [0.25, 0.3) is 0 Å². The second kappa shape index (κ2) is 8.71. The van der Waals surface area contributed by atoms with Crippen LogP contribution in [-0.2, 0) is 9.59 Å². The van der Waals surface area contributed by atoms with E-state index in [-0.39, 0.29) is 18.2 Å². The molecule has 0 fully saturated rings. The highest BCUT2D eigenvalue weighted by Crippen LogP contribution is 2.20. The molecule has 5 nitrogen and oxygen atoms in total. The third-order valence-corrected chi connectivity index (χ3v) is 3.25. The molecule has 1 rings (SSSR count). The topological polar surface area (TPSA) is 84.2 Å². The number of amides is 2. The highest BCUT2D eigenvalue weighted by Gasteiger charge is 2.06. The number of halogens is 1. The average molecular weight is 342 g/mol. The minimum absolute atomic E-state index is 0.0677. The number of nitrogens with one attached hydrogen (secondary N) is 2. The lowest BCUT2D eigenvalue weighted by atomic mass is 10.2. The van der Waals surface area contributed by atoms with Gasteiger partial charge in [0, 0.05) is 29.5 Å². The standard InChI is InChI=1S/C14H20BrN3O2/c1-10-4-5-11(15)9-12(10)18-14(20)6-8-17-13(19)3-2-7-16/h4-5,9H,2-3,6-8,16H2,1H3,(H,17,19)(H,18,20). The van der Waals surface area contributed by atoms with Crippen molar-refractivity contribution in [2.24, 2.45) is 5.73 Å². The van der Waals surface area contributed by atoms with Crippen molar-refractivity contribution in [2.75, 3.05) is 18.4 Å². The second-order valence-electron chi connectivity index (χ2n) is 4.50. The Balaban J connectivity index is 2.33. The Bertz CT molecular complexity index is 477. The van der Waals surface area contributed by atoms with Crippen molar-refractivity contribution >= 4 is 33.4 Å². The van der Waals surface area contributed by atoms with Crippen molar-refractivity contribution in [3.05, 3.63) is 28.2 Å². The van der Waals surface area contributed by atoms with E-state index >= 15 is 0 Å². The van der Waals surface area contributed by atoms with Crippen LogP contribution in [0.5, 0.6) is 0 Å². The van der Waals surface area contributed by atoms with Crippen LogP contribution in [0.1, 0.15) is 24.8 Å². The fourth-order valence-electron chi connectivity index (χ4n) is 1.61. The summed E-state index contributed by atoms with van der Waals surface area (Å²) in [7, 11) is 0. The Hall–Kier alpha value is -1.40. The van der Waals surface area contributed by atoms with Crippen LogP contribution in [0.4, 0.5) is 5.69 Å². The molecule has 0 aliphatic heterocycles. The van der Waals surface area contributed by atoms with E-state index in [1.54, 1.807) is 0 Å². The monoisotopic (exact) mass is 341 g/mol. The third kappa shape index (κ3) is 6.16. The number of carbonyl (C=O) groups is 2. The highest BCUT2D eigenvalue weighted by atomic mass is 79.9. The summed E-state index contributed by atoms with van der Waals surface area (Å²) in [5.41, 5.74) is 7.09. The summed E-state index contributed by atoms with van der Waals surface area (Å²) >= 11 is 3.36. The van der Waals surface area contributed by atoms with Crippen molar-refractivity contribution in [1.82, 2.24) is 5.32 Å². The molecule has 4 N–H and O–H groups in total. The summed E-state index contributed by atoms with van der Waals surface area (Å²) in [5, 5.41) is 5.52.